The summed E-state index contributed by atoms with van der Waals surface area (Å²) in [7, 11) is -0.0926. The second-order valence-electron chi connectivity index (χ2n) is 3.35. The average Bonchev–Trinajstić information content (AvgIpc) is 2.10. The number of hydrogen-bond acceptors (Lipinski definition) is 2. The van der Waals surface area contributed by atoms with Crippen molar-refractivity contribution >= 4 is 23.0 Å². The fraction of sp³-hybridized carbons (Fsp3) is 1.00. The molecule has 0 aromatic heterocycles. The SMILES string of the molecule is CC(C)(Br)B1OCCCCO1. The van der Waals surface area contributed by atoms with E-state index in [1.807, 2.05) is 0 Å². The first-order valence-corrected chi connectivity index (χ1v) is 4.82. The van der Waals surface area contributed by atoms with Crippen molar-refractivity contribution < 1.29 is 9.31 Å². The Balaban J connectivity index is 2.43. The molecule has 0 N–H and O–H groups in total. The van der Waals surface area contributed by atoms with E-state index in [0.717, 1.165) is 26.1 Å². The van der Waals surface area contributed by atoms with Gasteiger partial charge in [0.15, 0.2) is 0 Å². The van der Waals surface area contributed by atoms with Crippen LogP contribution in [0.25, 0.3) is 0 Å². The summed E-state index contributed by atoms with van der Waals surface area (Å²) in [5, 5.41) is 0. The maximum atomic E-state index is 5.50. The van der Waals surface area contributed by atoms with Gasteiger partial charge in [-0.25, -0.2) is 0 Å². The molecule has 0 aliphatic carbocycles. The number of alkyl halides is 1. The van der Waals surface area contributed by atoms with Crippen LogP contribution in [0.5, 0.6) is 0 Å². The van der Waals surface area contributed by atoms with E-state index in [0.29, 0.717) is 0 Å². The van der Waals surface area contributed by atoms with E-state index >= 15 is 0 Å². The summed E-state index contributed by atoms with van der Waals surface area (Å²) in [5.74, 6) is 0. The van der Waals surface area contributed by atoms with Gasteiger partial charge in [-0.1, -0.05) is 29.8 Å². The minimum Gasteiger partial charge on any atom is -0.410 e. The number of hydrogen-bond donors (Lipinski definition) is 0. The van der Waals surface area contributed by atoms with E-state index in [4.69, 9.17) is 9.31 Å². The second kappa shape index (κ2) is 3.92. The molecule has 4 heteroatoms. The zero-order valence-corrected chi connectivity index (χ0v) is 8.69. The maximum Gasteiger partial charge on any atom is 0.474 e. The van der Waals surface area contributed by atoms with Crippen LogP contribution >= 0.6 is 15.9 Å². The molecular formula is C7H14BBrO2. The summed E-state index contributed by atoms with van der Waals surface area (Å²) in [6.45, 7) is 5.76. The fourth-order valence-electron chi connectivity index (χ4n) is 1.03. The van der Waals surface area contributed by atoms with Crippen LogP contribution in [0.4, 0.5) is 0 Å². The van der Waals surface area contributed by atoms with Crippen LogP contribution < -0.4 is 0 Å². The highest BCUT2D eigenvalue weighted by Crippen LogP contribution is 2.23. The third kappa shape index (κ3) is 3.14. The van der Waals surface area contributed by atoms with Gasteiger partial charge in [0.05, 0.1) is 4.22 Å². The highest BCUT2D eigenvalue weighted by Gasteiger charge is 2.36. The average molecular weight is 221 g/mol. The maximum absolute atomic E-state index is 5.50. The molecule has 1 saturated heterocycles. The third-order valence-electron chi connectivity index (χ3n) is 1.64. The Bertz CT molecular complexity index is 116. The van der Waals surface area contributed by atoms with E-state index in [-0.39, 0.29) is 11.3 Å². The Morgan fingerprint density at radius 3 is 2.00 bits per heavy atom. The van der Waals surface area contributed by atoms with E-state index in [1.54, 1.807) is 0 Å². The summed E-state index contributed by atoms with van der Waals surface area (Å²) in [6.07, 6.45) is 2.22. The highest BCUT2D eigenvalue weighted by molar-refractivity contribution is 9.10. The molecule has 0 atom stereocenters. The summed E-state index contributed by atoms with van der Waals surface area (Å²) >= 11 is 3.52. The van der Waals surface area contributed by atoms with Gasteiger partial charge in [-0.2, -0.15) is 0 Å². The first kappa shape index (κ1) is 9.55. The summed E-state index contributed by atoms with van der Waals surface area (Å²) in [4.78, 5) is 0. The van der Waals surface area contributed by atoms with Crippen LogP contribution in [0.2, 0.25) is 0 Å². The number of rotatable bonds is 1. The Hall–Kier alpha value is 0.465. The molecule has 1 heterocycles. The minimum absolute atomic E-state index is 0.0721. The van der Waals surface area contributed by atoms with Gasteiger partial charge in [0.25, 0.3) is 0 Å². The minimum atomic E-state index is -0.0926. The lowest BCUT2D eigenvalue weighted by atomic mass is 9.74. The van der Waals surface area contributed by atoms with Gasteiger partial charge in [-0.05, 0) is 12.8 Å². The molecule has 1 fully saturated rings. The normalized spacial score (nSPS) is 21.5. The first-order chi connectivity index (χ1) is 5.11. The molecule has 0 unspecified atom stereocenters. The van der Waals surface area contributed by atoms with Gasteiger partial charge in [0.2, 0.25) is 0 Å². The molecule has 0 bridgehead atoms. The lowest BCUT2D eigenvalue weighted by molar-refractivity contribution is 0.225. The molecular weight excluding hydrogens is 207 g/mol. The third-order valence-corrected chi connectivity index (χ3v) is 2.01. The van der Waals surface area contributed by atoms with Gasteiger partial charge in [-0.3, -0.25) is 0 Å². The molecule has 0 saturated carbocycles. The first-order valence-electron chi connectivity index (χ1n) is 4.03. The Morgan fingerprint density at radius 1 is 1.18 bits per heavy atom. The molecule has 11 heavy (non-hydrogen) atoms. The van der Waals surface area contributed by atoms with E-state index in [9.17, 15) is 0 Å². The van der Waals surface area contributed by atoms with Crippen LogP contribution in [0, 0.1) is 0 Å². The highest BCUT2D eigenvalue weighted by atomic mass is 79.9. The van der Waals surface area contributed by atoms with Gasteiger partial charge >= 0.3 is 7.12 Å². The zero-order valence-electron chi connectivity index (χ0n) is 7.10. The van der Waals surface area contributed by atoms with Crippen molar-refractivity contribution in [3.8, 4) is 0 Å². The molecule has 0 aromatic carbocycles. The predicted molar refractivity (Wildman–Crippen MR) is 49.9 cm³/mol. The van der Waals surface area contributed by atoms with Gasteiger partial charge in [0.1, 0.15) is 0 Å². The Labute approximate surface area is 76.9 Å². The van der Waals surface area contributed by atoms with Crippen molar-refractivity contribution in [2.75, 3.05) is 13.2 Å². The van der Waals surface area contributed by atoms with Crippen molar-refractivity contribution in [3.63, 3.8) is 0 Å². The van der Waals surface area contributed by atoms with Gasteiger partial charge < -0.3 is 9.31 Å². The van der Waals surface area contributed by atoms with Crippen LogP contribution in [0.3, 0.4) is 0 Å². The Morgan fingerprint density at radius 2 is 1.64 bits per heavy atom. The van der Waals surface area contributed by atoms with Crippen molar-refractivity contribution in [1.29, 1.82) is 0 Å². The molecule has 0 spiro atoms. The quantitative estimate of drug-likeness (QED) is 0.498. The lowest BCUT2D eigenvalue weighted by Crippen LogP contribution is -2.40. The lowest BCUT2D eigenvalue weighted by Gasteiger charge is -2.22. The summed E-state index contributed by atoms with van der Waals surface area (Å²) in [5.41, 5.74) is 0. The molecule has 0 aromatic rings. The monoisotopic (exact) mass is 220 g/mol. The predicted octanol–water partition coefficient (Wildman–Crippen LogP) is 2.01. The topological polar surface area (TPSA) is 18.5 Å². The molecule has 0 radical (unpaired) electrons. The standard InChI is InChI=1S/C7H14BBrO2/c1-7(2,9)8-10-5-3-4-6-11-8/h3-6H2,1-2H3. The van der Waals surface area contributed by atoms with Crippen LogP contribution in [-0.2, 0) is 9.31 Å². The van der Waals surface area contributed by atoms with E-state index in [2.05, 4.69) is 29.8 Å². The zero-order chi connectivity index (χ0) is 8.32. The Kier molecular flexibility index (Phi) is 3.40. The summed E-state index contributed by atoms with van der Waals surface area (Å²) in [6, 6.07) is 0. The fourth-order valence-corrected chi connectivity index (χ4v) is 1.29. The van der Waals surface area contributed by atoms with Crippen LogP contribution in [0.1, 0.15) is 26.7 Å². The van der Waals surface area contributed by atoms with Crippen LogP contribution in [-0.4, -0.2) is 24.6 Å². The van der Waals surface area contributed by atoms with E-state index < -0.39 is 0 Å². The molecule has 0 amide bonds. The van der Waals surface area contributed by atoms with Crippen molar-refractivity contribution in [2.24, 2.45) is 0 Å². The largest absolute Gasteiger partial charge is 0.474 e. The molecule has 64 valence electrons. The van der Waals surface area contributed by atoms with Crippen LogP contribution in [0.15, 0.2) is 0 Å². The van der Waals surface area contributed by atoms with Crippen molar-refractivity contribution in [3.05, 3.63) is 0 Å². The van der Waals surface area contributed by atoms with Gasteiger partial charge in [-0.15, -0.1) is 0 Å². The van der Waals surface area contributed by atoms with E-state index in [1.165, 1.54) is 0 Å². The van der Waals surface area contributed by atoms with Crippen molar-refractivity contribution in [2.45, 2.75) is 30.9 Å². The molecule has 1 aliphatic rings. The van der Waals surface area contributed by atoms with Gasteiger partial charge in [0, 0.05) is 13.2 Å². The number of halogens is 1. The second-order valence-corrected chi connectivity index (χ2v) is 5.39. The molecule has 1 rings (SSSR count). The smallest absolute Gasteiger partial charge is 0.410 e. The molecule has 1 aliphatic heterocycles. The molecule has 2 nitrogen and oxygen atoms in total. The summed E-state index contributed by atoms with van der Waals surface area (Å²) < 4.78 is 10.9. The van der Waals surface area contributed by atoms with Crippen molar-refractivity contribution in [1.82, 2.24) is 0 Å².